The Morgan fingerprint density at radius 2 is 1.86 bits per heavy atom. The summed E-state index contributed by atoms with van der Waals surface area (Å²) in [5, 5.41) is 0. The summed E-state index contributed by atoms with van der Waals surface area (Å²) in [4.78, 5) is 3.98. The molecule has 0 saturated carbocycles. The molecule has 0 aliphatic rings. The van der Waals surface area contributed by atoms with Crippen LogP contribution in [0.4, 0.5) is 10.1 Å². The summed E-state index contributed by atoms with van der Waals surface area (Å²) in [6.45, 7) is 3.09. The molecule has 2 aromatic rings. The third kappa shape index (κ3) is 3.13. The smallest absolute Gasteiger partial charge is 0.262 e. The number of halogens is 1. The first-order valence-electron chi connectivity index (χ1n) is 6.13. The van der Waals surface area contributed by atoms with E-state index >= 15 is 0 Å². The Kier molecular flexibility index (Phi) is 4.13. The standard InChI is InChI=1S/C14H15FN2O3S/c1-9-7-11(15)8-10(2)13(9)21(18,19)17-12-5-4-6-16-14(12)20-3/h4-8,17H,1-3H3. The highest BCUT2D eigenvalue weighted by Gasteiger charge is 2.22. The molecule has 5 nitrogen and oxygen atoms in total. The second kappa shape index (κ2) is 5.69. The van der Waals surface area contributed by atoms with Crippen LogP contribution < -0.4 is 9.46 Å². The molecule has 0 aliphatic heterocycles. The summed E-state index contributed by atoms with van der Waals surface area (Å²) in [7, 11) is -2.46. The van der Waals surface area contributed by atoms with Crippen LogP contribution in [0.25, 0.3) is 0 Å². The molecule has 0 amide bonds. The minimum absolute atomic E-state index is 0.0507. The van der Waals surface area contributed by atoms with Gasteiger partial charge in [-0.15, -0.1) is 0 Å². The van der Waals surface area contributed by atoms with E-state index in [2.05, 4.69) is 9.71 Å². The van der Waals surface area contributed by atoms with Gasteiger partial charge in [-0.1, -0.05) is 0 Å². The van der Waals surface area contributed by atoms with Crippen molar-refractivity contribution in [2.24, 2.45) is 0 Å². The second-order valence-electron chi connectivity index (χ2n) is 4.53. The number of rotatable bonds is 4. The first kappa shape index (κ1) is 15.2. The van der Waals surface area contributed by atoms with Gasteiger partial charge in [-0.05, 0) is 49.2 Å². The first-order chi connectivity index (χ1) is 9.85. The lowest BCUT2D eigenvalue weighted by Crippen LogP contribution is -2.16. The number of anilines is 1. The summed E-state index contributed by atoms with van der Waals surface area (Å²) in [6.07, 6.45) is 1.49. The molecule has 1 N–H and O–H groups in total. The summed E-state index contributed by atoms with van der Waals surface area (Å²) in [5.74, 6) is -0.304. The Bertz CT molecular complexity index is 753. The zero-order valence-electron chi connectivity index (χ0n) is 11.8. The lowest BCUT2D eigenvalue weighted by atomic mass is 10.1. The number of nitrogens with one attached hydrogen (secondary N) is 1. The highest BCUT2D eigenvalue weighted by Crippen LogP contribution is 2.27. The molecule has 1 aromatic carbocycles. The molecule has 0 aliphatic carbocycles. The van der Waals surface area contributed by atoms with Crippen molar-refractivity contribution in [2.45, 2.75) is 18.7 Å². The monoisotopic (exact) mass is 310 g/mol. The predicted octanol–water partition coefficient (Wildman–Crippen LogP) is 2.65. The molecule has 0 unspecified atom stereocenters. The molecule has 7 heteroatoms. The quantitative estimate of drug-likeness (QED) is 0.942. The molecular formula is C14H15FN2O3S. The Balaban J connectivity index is 2.49. The molecule has 112 valence electrons. The number of hydrogen-bond donors (Lipinski definition) is 1. The van der Waals surface area contributed by atoms with Gasteiger partial charge in [0.2, 0.25) is 5.88 Å². The number of ether oxygens (including phenoxy) is 1. The van der Waals surface area contributed by atoms with E-state index in [1.54, 1.807) is 19.9 Å². The molecule has 0 bridgehead atoms. The lowest BCUT2D eigenvalue weighted by molar-refractivity contribution is 0.400. The van der Waals surface area contributed by atoms with Crippen molar-refractivity contribution in [3.8, 4) is 5.88 Å². The van der Waals surface area contributed by atoms with E-state index in [-0.39, 0.29) is 16.5 Å². The minimum atomic E-state index is -3.86. The maximum absolute atomic E-state index is 13.3. The summed E-state index contributed by atoms with van der Waals surface area (Å²) in [5.41, 5.74) is 0.897. The minimum Gasteiger partial charge on any atom is -0.480 e. The van der Waals surface area contributed by atoms with Gasteiger partial charge < -0.3 is 4.74 Å². The van der Waals surface area contributed by atoms with Crippen molar-refractivity contribution in [1.82, 2.24) is 4.98 Å². The number of aryl methyl sites for hydroxylation is 2. The number of aromatic nitrogens is 1. The van der Waals surface area contributed by atoms with E-state index in [1.165, 1.54) is 31.5 Å². The Hall–Kier alpha value is -2.15. The van der Waals surface area contributed by atoms with E-state index in [4.69, 9.17) is 4.74 Å². The van der Waals surface area contributed by atoms with Crippen molar-refractivity contribution in [2.75, 3.05) is 11.8 Å². The van der Waals surface area contributed by atoms with Crippen LogP contribution >= 0.6 is 0 Å². The second-order valence-corrected chi connectivity index (χ2v) is 6.15. The molecule has 0 atom stereocenters. The van der Waals surface area contributed by atoms with E-state index in [9.17, 15) is 12.8 Å². The van der Waals surface area contributed by atoms with E-state index < -0.39 is 15.8 Å². The number of hydrogen-bond acceptors (Lipinski definition) is 4. The molecule has 0 spiro atoms. The molecule has 0 fully saturated rings. The zero-order valence-corrected chi connectivity index (χ0v) is 12.7. The highest BCUT2D eigenvalue weighted by molar-refractivity contribution is 7.92. The zero-order chi connectivity index (χ0) is 15.6. The van der Waals surface area contributed by atoms with Gasteiger partial charge >= 0.3 is 0 Å². The molecule has 21 heavy (non-hydrogen) atoms. The van der Waals surface area contributed by atoms with Crippen molar-refractivity contribution >= 4 is 15.7 Å². The fourth-order valence-electron chi connectivity index (χ4n) is 2.15. The van der Waals surface area contributed by atoms with E-state index in [1.807, 2.05) is 0 Å². The van der Waals surface area contributed by atoms with Crippen molar-refractivity contribution in [1.29, 1.82) is 0 Å². The largest absolute Gasteiger partial charge is 0.480 e. The van der Waals surface area contributed by atoms with E-state index in [0.717, 1.165) is 0 Å². The van der Waals surface area contributed by atoms with Gasteiger partial charge in [0.25, 0.3) is 10.0 Å². The van der Waals surface area contributed by atoms with Gasteiger partial charge in [0.05, 0.1) is 12.0 Å². The molecule has 1 heterocycles. The molecule has 0 radical (unpaired) electrons. The fourth-order valence-corrected chi connectivity index (χ4v) is 3.66. The maximum atomic E-state index is 13.3. The lowest BCUT2D eigenvalue weighted by Gasteiger charge is -2.14. The predicted molar refractivity (Wildman–Crippen MR) is 77.5 cm³/mol. The van der Waals surface area contributed by atoms with Crippen LogP contribution in [0, 0.1) is 19.7 Å². The number of pyridine rings is 1. The van der Waals surface area contributed by atoms with Crippen molar-refractivity contribution in [3.05, 3.63) is 47.4 Å². The van der Waals surface area contributed by atoms with Crippen LogP contribution in [0.1, 0.15) is 11.1 Å². The average molecular weight is 310 g/mol. The van der Waals surface area contributed by atoms with Crippen LogP contribution in [-0.2, 0) is 10.0 Å². The van der Waals surface area contributed by atoms with Crippen LogP contribution in [0.3, 0.4) is 0 Å². The van der Waals surface area contributed by atoms with Crippen LogP contribution in [0.2, 0.25) is 0 Å². The number of nitrogens with zero attached hydrogens (tertiary/aromatic N) is 1. The number of benzene rings is 1. The van der Waals surface area contributed by atoms with Crippen LogP contribution in [-0.4, -0.2) is 20.5 Å². The Morgan fingerprint density at radius 1 is 1.24 bits per heavy atom. The average Bonchev–Trinajstić information content (AvgIpc) is 2.37. The third-order valence-corrected chi connectivity index (χ3v) is 4.57. The van der Waals surface area contributed by atoms with Crippen molar-refractivity contribution in [3.63, 3.8) is 0 Å². The van der Waals surface area contributed by atoms with E-state index in [0.29, 0.717) is 11.1 Å². The van der Waals surface area contributed by atoms with Crippen LogP contribution in [0.15, 0.2) is 35.4 Å². The first-order valence-corrected chi connectivity index (χ1v) is 7.62. The van der Waals surface area contributed by atoms with Gasteiger partial charge in [0.1, 0.15) is 11.5 Å². The fraction of sp³-hybridized carbons (Fsp3) is 0.214. The summed E-state index contributed by atoms with van der Waals surface area (Å²) >= 11 is 0. The summed E-state index contributed by atoms with van der Waals surface area (Å²) in [6, 6.07) is 5.49. The van der Waals surface area contributed by atoms with Gasteiger partial charge in [-0.25, -0.2) is 17.8 Å². The van der Waals surface area contributed by atoms with Crippen LogP contribution in [0.5, 0.6) is 5.88 Å². The molecule has 1 aromatic heterocycles. The Morgan fingerprint density at radius 3 is 2.43 bits per heavy atom. The van der Waals surface area contributed by atoms with Gasteiger partial charge in [0, 0.05) is 6.20 Å². The van der Waals surface area contributed by atoms with Gasteiger partial charge in [0.15, 0.2) is 0 Å². The number of methoxy groups -OCH3 is 1. The maximum Gasteiger partial charge on any atom is 0.262 e. The normalized spacial score (nSPS) is 11.2. The summed E-state index contributed by atoms with van der Waals surface area (Å²) < 4.78 is 45.7. The Labute approximate surface area is 122 Å². The SMILES string of the molecule is COc1ncccc1NS(=O)(=O)c1c(C)cc(F)cc1C. The third-order valence-electron chi connectivity index (χ3n) is 2.90. The molecule has 2 rings (SSSR count). The van der Waals surface area contributed by atoms with Crippen molar-refractivity contribution < 1.29 is 17.5 Å². The topological polar surface area (TPSA) is 68.3 Å². The molecular weight excluding hydrogens is 295 g/mol. The highest BCUT2D eigenvalue weighted by atomic mass is 32.2. The number of sulfonamides is 1. The molecule has 0 saturated heterocycles. The van der Waals surface area contributed by atoms with Gasteiger partial charge in [-0.3, -0.25) is 4.72 Å². The van der Waals surface area contributed by atoms with Gasteiger partial charge in [-0.2, -0.15) is 0 Å².